The number of hydrogen-bond donors (Lipinski definition) is 2. The van der Waals surface area contributed by atoms with Crippen LogP contribution in [0.2, 0.25) is 0 Å². The van der Waals surface area contributed by atoms with Gasteiger partial charge in [0, 0.05) is 41.6 Å². The summed E-state index contributed by atoms with van der Waals surface area (Å²) in [5.41, 5.74) is 12.2. The number of pyridine rings is 2. The summed E-state index contributed by atoms with van der Waals surface area (Å²) in [5, 5.41) is 0.988. The number of rotatable bonds is 3. The van der Waals surface area contributed by atoms with Gasteiger partial charge in [0.05, 0.1) is 27.8 Å². The standard InChI is InChI=1S/C22H21N5O/c1-13-4-5-14(12-24-13)18-11-17(22(23)28)21-20(25-18)16-7-6-15(10-19(16)26-21)27-8-2-3-9-27/h4-7,10-12,26H,2-3,8-9H2,1H3,(H2,23,28). The monoisotopic (exact) mass is 371 g/mol. The molecule has 1 fully saturated rings. The number of fused-ring (bicyclic) bond motifs is 3. The van der Waals surface area contributed by atoms with Crippen LogP contribution in [0, 0.1) is 6.92 Å². The number of benzene rings is 1. The van der Waals surface area contributed by atoms with Crippen LogP contribution < -0.4 is 10.6 Å². The van der Waals surface area contributed by atoms with Gasteiger partial charge in [0.25, 0.3) is 5.91 Å². The molecule has 0 saturated carbocycles. The van der Waals surface area contributed by atoms with E-state index in [4.69, 9.17) is 10.7 Å². The maximum Gasteiger partial charge on any atom is 0.250 e. The molecular formula is C22H21N5O. The van der Waals surface area contributed by atoms with Gasteiger partial charge in [0.2, 0.25) is 0 Å². The summed E-state index contributed by atoms with van der Waals surface area (Å²) >= 11 is 0. The number of carbonyl (C=O) groups is 1. The van der Waals surface area contributed by atoms with Crippen molar-refractivity contribution in [2.24, 2.45) is 5.73 Å². The third kappa shape index (κ3) is 2.69. The highest BCUT2D eigenvalue weighted by Gasteiger charge is 2.18. The Bertz CT molecular complexity index is 1200. The Morgan fingerprint density at radius 2 is 1.96 bits per heavy atom. The van der Waals surface area contributed by atoms with E-state index in [-0.39, 0.29) is 0 Å². The molecule has 0 atom stereocenters. The molecule has 0 spiro atoms. The van der Waals surface area contributed by atoms with Crippen LogP contribution in [0.3, 0.4) is 0 Å². The lowest BCUT2D eigenvalue weighted by Gasteiger charge is -2.17. The fourth-order valence-electron chi connectivity index (χ4n) is 3.98. The summed E-state index contributed by atoms with van der Waals surface area (Å²) in [6.45, 7) is 4.11. The smallest absolute Gasteiger partial charge is 0.250 e. The fourth-order valence-corrected chi connectivity index (χ4v) is 3.98. The van der Waals surface area contributed by atoms with Crippen molar-refractivity contribution in [1.82, 2.24) is 15.0 Å². The van der Waals surface area contributed by atoms with Gasteiger partial charge in [0.1, 0.15) is 0 Å². The minimum absolute atomic E-state index is 0.444. The minimum atomic E-state index is -0.472. The van der Waals surface area contributed by atoms with Gasteiger partial charge < -0.3 is 15.6 Å². The van der Waals surface area contributed by atoms with E-state index < -0.39 is 5.91 Å². The lowest BCUT2D eigenvalue weighted by molar-refractivity contribution is 0.100. The Hall–Kier alpha value is -3.41. The second kappa shape index (κ2) is 6.34. The van der Waals surface area contributed by atoms with Crippen molar-refractivity contribution in [2.75, 3.05) is 18.0 Å². The van der Waals surface area contributed by atoms with Crippen LogP contribution >= 0.6 is 0 Å². The summed E-state index contributed by atoms with van der Waals surface area (Å²) < 4.78 is 0. The summed E-state index contributed by atoms with van der Waals surface area (Å²) in [4.78, 5) is 27.1. The van der Waals surface area contributed by atoms with E-state index in [2.05, 4.69) is 33.1 Å². The Kier molecular flexibility index (Phi) is 3.79. The van der Waals surface area contributed by atoms with Gasteiger partial charge in [-0.2, -0.15) is 0 Å². The van der Waals surface area contributed by atoms with Crippen molar-refractivity contribution in [3.05, 3.63) is 53.9 Å². The van der Waals surface area contributed by atoms with Gasteiger partial charge in [0.15, 0.2) is 0 Å². The van der Waals surface area contributed by atoms with Crippen LogP contribution in [-0.4, -0.2) is 33.9 Å². The molecule has 0 radical (unpaired) electrons. The first-order valence-electron chi connectivity index (χ1n) is 9.54. The van der Waals surface area contributed by atoms with E-state index in [9.17, 15) is 4.79 Å². The van der Waals surface area contributed by atoms with Crippen LogP contribution in [0.1, 0.15) is 28.9 Å². The molecule has 1 saturated heterocycles. The zero-order valence-corrected chi connectivity index (χ0v) is 15.7. The number of nitrogens with two attached hydrogens (primary N) is 1. The molecule has 4 heterocycles. The number of nitrogens with one attached hydrogen (secondary N) is 1. The molecule has 1 aliphatic rings. The normalized spacial score (nSPS) is 14.2. The zero-order chi connectivity index (χ0) is 19.3. The van der Waals surface area contributed by atoms with Crippen molar-refractivity contribution in [2.45, 2.75) is 19.8 Å². The van der Waals surface area contributed by atoms with Crippen molar-refractivity contribution < 1.29 is 4.79 Å². The number of aryl methyl sites for hydroxylation is 1. The predicted octanol–water partition coefficient (Wildman–Crippen LogP) is 3.79. The SMILES string of the molecule is Cc1ccc(-c2cc(C(N)=O)c3[nH]c4cc(N5CCCC5)ccc4c3n2)cn1. The molecular weight excluding hydrogens is 350 g/mol. The second-order valence-corrected chi connectivity index (χ2v) is 7.38. The molecule has 28 heavy (non-hydrogen) atoms. The van der Waals surface area contributed by atoms with Crippen LogP contribution in [0.5, 0.6) is 0 Å². The maximum atomic E-state index is 12.2. The first-order chi connectivity index (χ1) is 13.6. The lowest BCUT2D eigenvalue weighted by Crippen LogP contribution is -2.17. The molecule has 0 unspecified atom stereocenters. The van der Waals surface area contributed by atoms with E-state index in [0.29, 0.717) is 16.8 Å². The first-order valence-corrected chi connectivity index (χ1v) is 9.54. The molecule has 3 N–H and O–H groups in total. The van der Waals surface area contributed by atoms with Crippen LogP contribution in [0.4, 0.5) is 5.69 Å². The van der Waals surface area contributed by atoms with Gasteiger partial charge in [-0.25, -0.2) is 4.98 Å². The Morgan fingerprint density at radius 1 is 1.14 bits per heavy atom. The highest BCUT2D eigenvalue weighted by atomic mass is 16.1. The number of hydrogen-bond acceptors (Lipinski definition) is 4. The number of carbonyl (C=O) groups excluding carboxylic acids is 1. The summed E-state index contributed by atoms with van der Waals surface area (Å²) in [6.07, 6.45) is 4.23. The zero-order valence-electron chi connectivity index (χ0n) is 15.7. The first kappa shape index (κ1) is 16.7. The highest BCUT2D eigenvalue weighted by Crippen LogP contribution is 2.32. The van der Waals surface area contributed by atoms with E-state index in [1.165, 1.54) is 18.5 Å². The van der Waals surface area contributed by atoms with Crippen LogP contribution in [0.15, 0.2) is 42.6 Å². The van der Waals surface area contributed by atoms with E-state index in [0.717, 1.165) is 40.8 Å². The molecule has 0 bridgehead atoms. The number of anilines is 1. The number of primary amides is 1. The number of aromatic amines is 1. The average molecular weight is 371 g/mol. The second-order valence-electron chi connectivity index (χ2n) is 7.38. The molecule has 140 valence electrons. The number of nitrogens with zero attached hydrogens (tertiary/aromatic N) is 3. The molecule has 6 heteroatoms. The molecule has 1 aliphatic heterocycles. The van der Waals surface area contributed by atoms with E-state index in [1.807, 2.05) is 19.1 Å². The summed E-state index contributed by atoms with van der Waals surface area (Å²) in [5.74, 6) is -0.472. The third-order valence-corrected chi connectivity index (χ3v) is 5.48. The van der Waals surface area contributed by atoms with Gasteiger partial charge in [-0.3, -0.25) is 9.78 Å². The van der Waals surface area contributed by atoms with Gasteiger partial charge in [-0.05, 0) is 56.2 Å². The van der Waals surface area contributed by atoms with Crippen LogP contribution in [0.25, 0.3) is 33.2 Å². The highest BCUT2D eigenvalue weighted by molar-refractivity contribution is 6.14. The topological polar surface area (TPSA) is 87.9 Å². The lowest BCUT2D eigenvalue weighted by atomic mass is 10.1. The van der Waals surface area contributed by atoms with Gasteiger partial charge >= 0.3 is 0 Å². The number of H-pyrrole nitrogens is 1. The number of amides is 1. The maximum absolute atomic E-state index is 12.2. The minimum Gasteiger partial charge on any atom is -0.371 e. The van der Waals surface area contributed by atoms with Crippen molar-refractivity contribution in [3.63, 3.8) is 0 Å². The van der Waals surface area contributed by atoms with Crippen molar-refractivity contribution >= 4 is 33.5 Å². The van der Waals surface area contributed by atoms with Crippen LogP contribution in [-0.2, 0) is 0 Å². The van der Waals surface area contributed by atoms with E-state index in [1.54, 1.807) is 12.3 Å². The van der Waals surface area contributed by atoms with Crippen molar-refractivity contribution in [1.29, 1.82) is 0 Å². The van der Waals surface area contributed by atoms with Crippen molar-refractivity contribution in [3.8, 4) is 11.3 Å². The average Bonchev–Trinajstić information content (AvgIpc) is 3.35. The largest absolute Gasteiger partial charge is 0.371 e. The number of aromatic nitrogens is 3. The molecule has 6 nitrogen and oxygen atoms in total. The quantitative estimate of drug-likeness (QED) is 0.574. The van der Waals surface area contributed by atoms with Gasteiger partial charge in [-0.15, -0.1) is 0 Å². The summed E-state index contributed by atoms with van der Waals surface area (Å²) in [7, 11) is 0. The Balaban J connectivity index is 1.73. The molecule has 1 aromatic carbocycles. The summed E-state index contributed by atoms with van der Waals surface area (Å²) in [6, 6.07) is 12.0. The fraction of sp³-hybridized carbons (Fsp3) is 0.227. The Labute approximate surface area is 162 Å². The third-order valence-electron chi connectivity index (χ3n) is 5.48. The molecule has 1 amide bonds. The molecule has 4 aromatic rings. The van der Waals surface area contributed by atoms with Gasteiger partial charge in [-0.1, -0.05) is 0 Å². The predicted molar refractivity (Wildman–Crippen MR) is 112 cm³/mol. The van der Waals surface area contributed by atoms with E-state index >= 15 is 0 Å². The Morgan fingerprint density at radius 3 is 2.68 bits per heavy atom. The molecule has 3 aromatic heterocycles. The molecule has 0 aliphatic carbocycles. The molecule has 5 rings (SSSR count).